The summed E-state index contributed by atoms with van der Waals surface area (Å²) in [6.45, 7) is 9.54. The standard InChI is InChI=1S/C20H26O/c1-4-9-17-18(5-2)20(15(3)21-14-19(17)20)13-12-16-10-7-6-8-11-16/h5-8,10-13,15,17-19H,2,4,9,14H2,1,3H3/b13-12+/t15-,17-,18+,19+,20-/m0/s1. The second-order valence-corrected chi connectivity index (χ2v) is 6.54. The Morgan fingerprint density at radius 2 is 2.10 bits per heavy atom. The average molecular weight is 282 g/mol. The summed E-state index contributed by atoms with van der Waals surface area (Å²) in [6, 6.07) is 10.6. The van der Waals surface area contributed by atoms with Crippen molar-refractivity contribution in [2.45, 2.75) is 32.8 Å². The van der Waals surface area contributed by atoms with Gasteiger partial charge in [-0.05, 0) is 36.7 Å². The van der Waals surface area contributed by atoms with Crippen molar-refractivity contribution >= 4 is 6.08 Å². The molecule has 0 N–H and O–H groups in total. The zero-order chi connectivity index (χ0) is 14.9. The van der Waals surface area contributed by atoms with E-state index in [1.54, 1.807) is 0 Å². The molecule has 1 saturated carbocycles. The predicted molar refractivity (Wildman–Crippen MR) is 88.9 cm³/mol. The van der Waals surface area contributed by atoms with E-state index >= 15 is 0 Å². The fourth-order valence-electron chi connectivity index (χ4n) is 4.62. The summed E-state index contributed by atoms with van der Waals surface area (Å²) < 4.78 is 6.04. The van der Waals surface area contributed by atoms with E-state index in [1.165, 1.54) is 18.4 Å². The van der Waals surface area contributed by atoms with Crippen LogP contribution in [0.15, 0.2) is 49.1 Å². The quantitative estimate of drug-likeness (QED) is 0.694. The molecule has 21 heavy (non-hydrogen) atoms. The van der Waals surface area contributed by atoms with Crippen molar-refractivity contribution in [1.29, 1.82) is 0 Å². The Bertz CT molecular complexity index is 518. The van der Waals surface area contributed by atoms with Gasteiger partial charge in [0.25, 0.3) is 0 Å². The van der Waals surface area contributed by atoms with Crippen molar-refractivity contribution in [3.63, 3.8) is 0 Å². The lowest BCUT2D eigenvalue weighted by Gasteiger charge is -2.57. The van der Waals surface area contributed by atoms with Crippen molar-refractivity contribution in [2.75, 3.05) is 6.61 Å². The molecule has 0 bridgehead atoms. The molecule has 1 aromatic carbocycles. The maximum absolute atomic E-state index is 6.04. The highest BCUT2D eigenvalue weighted by atomic mass is 16.5. The minimum atomic E-state index is 0.164. The van der Waals surface area contributed by atoms with Crippen molar-refractivity contribution in [3.8, 4) is 0 Å². The highest BCUT2D eigenvalue weighted by Crippen LogP contribution is 2.64. The van der Waals surface area contributed by atoms with Crippen LogP contribution < -0.4 is 0 Å². The second-order valence-electron chi connectivity index (χ2n) is 6.54. The molecule has 3 rings (SSSR count). The fourth-order valence-corrected chi connectivity index (χ4v) is 4.62. The minimum absolute atomic E-state index is 0.164. The number of fused-ring (bicyclic) bond motifs is 1. The number of ether oxygens (including phenoxy) is 1. The highest BCUT2D eigenvalue weighted by Gasteiger charge is 2.64. The van der Waals surface area contributed by atoms with Crippen LogP contribution in [0.4, 0.5) is 0 Å². The van der Waals surface area contributed by atoms with Gasteiger partial charge in [-0.2, -0.15) is 0 Å². The lowest BCUT2D eigenvalue weighted by molar-refractivity contribution is -0.0462. The van der Waals surface area contributed by atoms with Gasteiger partial charge >= 0.3 is 0 Å². The Labute approximate surface area is 128 Å². The Morgan fingerprint density at radius 3 is 2.76 bits per heavy atom. The van der Waals surface area contributed by atoms with E-state index in [2.05, 4.69) is 69.0 Å². The maximum atomic E-state index is 6.04. The van der Waals surface area contributed by atoms with Crippen LogP contribution in [0.3, 0.4) is 0 Å². The van der Waals surface area contributed by atoms with Crippen LogP contribution >= 0.6 is 0 Å². The first-order valence-corrected chi connectivity index (χ1v) is 8.22. The third-order valence-electron chi connectivity index (χ3n) is 5.67. The van der Waals surface area contributed by atoms with Crippen LogP contribution in [0.5, 0.6) is 0 Å². The summed E-state index contributed by atoms with van der Waals surface area (Å²) in [7, 11) is 0. The van der Waals surface area contributed by atoms with Crippen LogP contribution in [-0.2, 0) is 4.74 Å². The third-order valence-corrected chi connectivity index (χ3v) is 5.67. The number of allylic oxidation sites excluding steroid dienone is 1. The number of benzene rings is 1. The predicted octanol–water partition coefficient (Wildman–Crippen LogP) is 4.95. The minimum Gasteiger partial charge on any atom is -0.377 e. The molecule has 1 aliphatic carbocycles. The van der Waals surface area contributed by atoms with Crippen molar-refractivity contribution in [3.05, 3.63) is 54.6 Å². The maximum Gasteiger partial charge on any atom is 0.0647 e. The molecule has 1 aromatic rings. The molecule has 1 heteroatoms. The molecule has 1 nitrogen and oxygen atoms in total. The SMILES string of the molecule is C=C[C@@H]1[C@H](CCC)[C@H]2CO[C@@H](C)[C@@]12/C=C/c1ccccc1. The molecule has 2 fully saturated rings. The summed E-state index contributed by atoms with van der Waals surface area (Å²) in [5.41, 5.74) is 1.43. The monoisotopic (exact) mass is 282 g/mol. The van der Waals surface area contributed by atoms with Gasteiger partial charge in [0.15, 0.2) is 0 Å². The Morgan fingerprint density at radius 1 is 1.33 bits per heavy atom. The van der Waals surface area contributed by atoms with Crippen LogP contribution in [0.25, 0.3) is 6.08 Å². The average Bonchev–Trinajstić information content (AvgIpc) is 2.78. The topological polar surface area (TPSA) is 9.23 Å². The molecule has 1 aliphatic heterocycles. The van der Waals surface area contributed by atoms with E-state index in [1.807, 2.05) is 0 Å². The van der Waals surface area contributed by atoms with Crippen LogP contribution in [-0.4, -0.2) is 12.7 Å². The molecule has 0 amide bonds. The zero-order valence-corrected chi connectivity index (χ0v) is 13.2. The molecule has 0 aromatic heterocycles. The fraction of sp³-hybridized carbons (Fsp3) is 0.500. The van der Waals surface area contributed by atoms with Crippen LogP contribution in [0.2, 0.25) is 0 Å². The van der Waals surface area contributed by atoms with Crippen molar-refractivity contribution < 1.29 is 4.74 Å². The largest absolute Gasteiger partial charge is 0.377 e. The van der Waals surface area contributed by atoms with Gasteiger partial charge < -0.3 is 4.74 Å². The van der Waals surface area contributed by atoms with Gasteiger partial charge in [0, 0.05) is 5.41 Å². The highest BCUT2D eigenvalue weighted by molar-refractivity contribution is 5.51. The zero-order valence-electron chi connectivity index (χ0n) is 13.2. The summed E-state index contributed by atoms with van der Waals surface area (Å²) in [6.07, 6.45) is 9.70. The van der Waals surface area contributed by atoms with Crippen molar-refractivity contribution in [1.82, 2.24) is 0 Å². The molecule has 1 saturated heterocycles. The molecule has 2 aliphatic rings. The lowest BCUT2D eigenvalue weighted by Crippen LogP contribution is -2.56. The smallest absolute Gasteiger partial charge is 0.0647 e. The number of hydrogen-bond donors (Lipinski definition) is 0. The molecule has 1 heterocycles. The van der Waals surface area contributed by atoms with E-state index in [0.717, 1.165) is 12.5 Å². The molecule has 0 spiro atoms. The van der Waals surface area contributed by atoms with Gasteiger partial charge in [-0.3, -0.25) is 0 Å². The summed E-state index contributed by atoms with van der Waals surface area (Å²) in [5, 5.41) is 0. The first-order valence-electron chi connectivity index (χ1n) is 8.22. The van der Waals surface area contributed by atoms with Gasteiger partial charge in [-0.15, -0.1) is 6.58 Å². The molecule has 0 unspecified atom stereocenters. The molecule has 112 valence electrons. The number of rotatable bonds is 5. The Balaban J connectivity index is 1.89. The van der Waals surface area contributed by atoms with Gasteiger partial charge in [0.2, 0.25) is 0 Å². The van der Waals surface area contributed by atoms with Crippen LogP contribution in [0, 0.1) is 23.2 Å². The van der Waals surface area contributed by atoms with Gasteiger partial charge in [0.05, 0.1) is 12.7 Å². The summed E-state index contributed by atoms with van der Waals surface area (Å²) >= 11 is 0. The van der Waals surface area contributed by atoms with E-state index < -0.39 is 0 Å². The van der Waals surface area contributed by atoms with Gasteiger partial charge in [-0.1, -0.05) is 61.9 Å². The summed E-state index contributed by atoms with van der Waals surface area (Å²) in [4.78, 5) is 0. The van der Waals surface area contributed by atoms with Gasteiger partial charge in [0.1, 0.15) is 0 Å². The van der Waals surface area contributed by atoms with E-state index in [9.17, 15) is 0 Å². The molecule has 5 atom stereocenters. The summed E-state index contributed by atoms with van der Waals surface area (Å²) in [5.74, 6) is 1.97. The normalized spacial score (nSPS) is 38.2. The van der Waals surface area contributed by atoms with E-state index in [-0.39, 0.29) is 5.41 Å². The van der Waals surface area contributed by atoms with E-state index in [4.69, 9.17) is 4.74 Å². The van der Waals surface area contributed by atoms with Crippen LogP contribution in [0.1, 0.15) is 32.3 Å². The van der Waals surface area contributed by atoms with Gasteiger partial charge in [-0.25, -0.2) is 0 Å². The Hall–Kier alpha value is -1.34. The first-order chi connectivity index (χ1) is 10.2. The molecule has 0 radical (unpaired) electrons. The Kier molecular flexibility index (Phi) is 4.03. The molecular weight excluding hydrogens is 256 g/mol. The number of hydrogen-bond acceptors (Lipinski definition) is 1. The third kappa shape index (κ3) is 2.19. The van der Waals surface area contributed by atoms with Crippen molar-refractivity contribution in [2.24, 2.45) is 23.2 Å². The first kappa shape index (κ1) is 14.6. The lowest BCUT2D eigenvalue weighted by atomic mass is 9.45. The molecular formula is C20H26O. The second kappa shape index (κ2) is 5.81. The van der Waals surface area contributed by atoms with E-state index in [0.29, 0.717) is 17.9 Å².